The van der Waals surface area contributed by atoms with Crippen LogP contribution in [0.3, 0.4) is 0 Å². The Morgan fingerprint density at radius 1 is 1.00 bits per heavy atom. The van der Waals surface area contributed by atoms with Gasteiger partial charge in [0.05, 0.1) is 26.3 Å². The molecule has 0 aliphatic heterocycles. The van der Waals surface area contributed by atoms with Crippen molar-refractivity contribution in [2.75, 3.05) is 20.8 Å². The highest BCUT2D eigenvalue weighted by Crippen LogP contribution is 2.22. The van der Waals surface area contributed by atoms with Crippen LogP contribution < -0.4 is 14.8 Å². The summed E-state index contributed by atoms with van der Waals surface area (Å²) in [5, 5.41) is 3.05. The zero-order valence-electron chi connectivity index (χ0n) is 12.4. The highest BCUT2D eigenvalue weighted by Gasteiger charge is 2.06. The van der Waals surface area contributed by atoms with E-state index in [-0.39, 0.29) is 0 Å². The maximum Gasteiger partial charge on any atom is 0.127 e. The molecule has 0 saturated carbocycles. The van der Waals surface area contributed by atoms with Crippen molar-refractivity contribution in [3.63, 3.8) is 0 Å². The average molecular weight is 307 g/mol. The maximum atomic E-state index is 5.88. The highest BCUT2D eigenvalue weighted by molar-refractivity contribution is 6.30. The molecule has 4 heteroatoms. The number of ether oxygens (including phenoxy) is 2. The third-order valence-electron chi connectivity index (χ3n) is 3.40. The Kier molecular flexibility index (Phi) is 5.90. The molecule has 2 N–H and O–H groups in total. The normalized spacial score (nSPS) is 10.4. The van der Waals surface area contributed by atoms with Gasteiger partial charge in [-0.15, -0.1) is 0 Å². The summed E-state index contributed by atoms with van der Waals surface area (Å²) in [6, 6.07) is 13.9. The van der Waals surface area contributed by atoms with Crippen LogP contribution in [0.25, 0.3) is 0 Å². The average Bonchev–Trinajstić information content (AvgIpc) is 2.53. The molecule has 0 radical (unpaired) electrons. The lowest BCUT2D eigenvalue weighted by atomic mass is 10.1. The van der Waals surface area contributed by atoms with Crippen molar-refractivity contribution in [1.82, 2.24) is 0 Å². The van der Waals surface area contributed by atoms with E-state index in [1.165, 1.54) is 5.56 Å². The van der Waals surface area contributed by atoms with Gasteiger partial charge >= 0.3 is 0 Å². The lowest BCUT2D eigenvalue weighted by Gasteiger charge is -2.09. The Bertz CT molecular complexity index is 570. The number of quaternary nitrogens is 1. The van der Waals surface area contributed by atoms with E-state index in [1.54, 1.807) is 14.2 Å². The first-order valence-electron chi connectivity index (χ1n) is 7.00. The van der Waals surface area contributed by atoms with E-state index < -0.39 is 0 Å². The summed E-state index contributed by atoms with van der Waals surface area (Å²) in [6.45, 7) is 1.88. The molecular weight excluding hydrogens is 286 g/mol. The van der Waals surface area contributed by atoms with Crippen LogP contribution in [-0.2, 0) is 13.0 Å². The van der Waals surface area contributed by atoms with Gasteiger partial charge < -0.3 is 14.8 Å². The number of nitrogens with two attached hydrogens (primary N) is 1. The van der Waals surface area contributed by atoms with E-state index in [2.05, 4.69) is 17.4 Å². The summed E-state index contributed by atoms with van der Waals surface area (Å²) in [5.41, 5.74) is 2.45. The minimum Gasteiger partial charge on any atom is -0.497 e. The van der Waals surface area contributed by atoms with Crippen LogP contribution in [0.5, 0.6) is 11.5 Å². The Morgan fingerprint density at radius 3 is 2.43 bits per heavy atom. The summed E-state index contributed by atoms with van der Waals surface area (Å²) in [4.78, 5) is 0. The van der Waals surface area contributed by atoms with E-state index in [1.807, 2.05) is 30.3 Å². The van der Waals surface area contributed by atoms with Gasteiger partial charge in [-0.3, -0.25) is 0 Å². The molecule has 0 spiro atoms. The van der Waals surface area contributed by atoms with Gasteiger partial charge in [0.15, 0.2) is 0 Å². The Hall–Kier alpha value is -1.71. The minimum atomic E-state index is 0.781. The lowest BCUT2D eigenvalue weighted by Crippen LogP contribution is -2.83. The summed E-state index contributed by atoms with van der Waals surface area (Å²) in [7, 11) is 3.37. The van der Waals surface area contributed by atoms with E-state index >= 15 is 0 Å². The van der Waals surface area contributed by atoms with E-state index in [9.17, 15) is 0 Å². The largest absolute Gasteiger partial charge is 0.497 e. The van der Waals surface area contributed by atoms with Gasteiger partial charge in [-0.2, -0.15) is 0 Å². The number of hydrogen-bond acceptors (Lipinski definition) is 2. The van der Waals surface area contributed by atoms with Gasteiger partial charge in [-0.25, -0.2) is 0 Å². The van der Waals surface area contributed by atoms with Gasteiger partial charge in [-0.1, -0.05) is 23.7 Å². The molecular formula is C17H21ClNO2+. The molecule has 0 saturated heterocycles. The molecule has 2 aromatic carbocycles. The monoisotopic (exact) mass is 306 g/mol. The molecule has 21 heavy (non-hydrogen) atoms. The van der Waals surface area contributed by atoms with Gasteiger partial charge in [0.25, 0.3) is 0 Å². The van der Waals surface area contributed by atoms with Gasteiger partial charge in [-0.05, 0) is 35.9 Å². The molecule has 3 nitrogen and oxygen atoms in total. The Balaban J connectivity index is 1.86. The van der Waals surface area contributed by atoms with Crippen molar-refractivity contribution >= 4 is 11.6 Å². The standard InChI is InChI=1S/C17H20ClNO2/c1-20-16-7-8-17(21-2)14(11-16)12-19-10-9-13-3-5-15(18)6-4-13/h3-8,11,19H,9-10,12H2,1-2H3/p+1. The number of benzene rings is 2. The topological polar surface area (TPSA) is 35.1 Å². The van der Waals surface area contributed by atoms with E-state index in [0.29, 0.717) is 0 Å². The summed E-state index contributed by atoms with van der Waals surface area (Å²) >= 11 is 5.88. The molecule has 0 unspecified atom stereocenters. The molecule has 0 aromatic heterocycles. The van der Waals surface area contributed by atoms with Crippen LogP contribution in [0.15, 0.2) is 42.5 Å². The fourth-order valence-corrected chi connectivity index (χ4v) is 2.34. The van der Waals surface area contributed by atoms with Crippen molar-refractivity contribution in [3.8, 4) is 11.5 Å². The molecule has 0 heterocycles. The fraction of sp³-hybridized carbons (Fsp3) is 0.294. The van der Waals surface area contributed by atoms with Crippen LogP contribution in [0.4, 0.5) is 0 Å². The summed E-state index contributed by atoms with van der Waals surface area (Å²) < 4.78 is 10.6. The fourth-order valence-electron chi connectivity index (χ4n) is 2.22. The van der Waals surface area contributed by atoms with Crippen molar-refractivity contribution in [1.29, 1.82) is 0 Å². The Labute approximate surface area is 130 Å². The predicted molar refractivity (Wildman–Crippen MR) is 85.2 cm³/mol. The third kappa shape index (κ3) is 4.66. The molecule has 0 amide bonds. The molecule has 0 aliphatic carbocycles. The van der Waals surface area contributed by atoms with Crippen LogP contribution in [-0.4, -0.2) is 20.8 Å². The molecule has 112 valence electrons. The quantitative estimate of drug-likeness (QED) is 0.798. The van der Waals surface area contributed by atoms with Gasteiger partial charge in [0, 0.05) is 11.4 Å². The van der Waals surface area contributed by atoms with Crippen molar-refractivity contribution < 1.29 is 14.8 Å². The molecule has 2 aromatic rings. The molecule has 0 atom stereocenters. The number of halogens is 1. The molecule has 2 rings (SSSR count). The molecule has 0 bridgehead atoms. The maximum absolute atomic E-state index is 5.88. The van der Waals surface area contributed by atoms with Crippen molar-refractivity contribution in [2.45, 2.75) is 13.0 Å². The van der Waals surface area contributed by atoms with Crippen LogP contribution >= 0.6 is 11.6 Å². The zero-order valence-corrected chi connectivity index (χ0v) is 13.2. The number of methoxy groups -OCH3 is 2. The van der Waals surface area contributed by atoms with Gasteiger partial charge in [0.1, 0.15) is 18.0 Å². The van der Waals surface area contributed by atoms with E-state index in [4.69, 9.17) is 21.1 Å². The second-order valence-electron chi connectivity index (χ2n) is 4.84. The third-order valence-corrected chi connectivity index (χ3v) is 3.65. The number of hydrogen-bond donors (Lipinski definition) is 1. The lowest BCUT2D eigenvalue weighted by molar-refractivity contribution is -0.670. The first-order valence-corrected chi connectivity index (χ1v) is 7.37. The second kappa shape index (κ2) is 7.91. The second-order valence-corrected chi connectivity index (χ2v) is 5.27. The minimum absolute atomic E-state index is 0.781. The highest BCUT2D eigenvalue weighted by atomic mass is 35.5. The van der Waals surface area contributed by atoms with Crippen LogP contribution in [0, 0.1) is 0 Å². The van der Waals surface area contributed by atoms with E-state index in [0.717, 1.165) is 41.6 Å². The van der Waals surface area contributed by atoms with Crippen LogP contribution in [0.1, 0.15) is 11.1 Å². The van der Waals surface area contributed by atoms with Crippen molar-refractivity contribution in [3.05, 3.63) is 58.6 Å². The number of rotatable bonds is 7. The summed E-state index contributed by atoms with van der Waals surface area (Å²) in [5.74, 6) is 1.76. The molecule has 0 fully saturated rings. The summed E-state index contributed by atoms with van der Waals surface area (Å²) in [6.07, 6.45) is 1.02. The molecule has 0 aliphatic rings. The predicted octanol–water partition coefficient (Wildman–Crippen LogP) is 2.66. The zero-order chi connectivity index (χ0) is 15.1. The van der Waals surface area contributed by atoms with Crippen LogP contribution in [0.2, 0.25) is 5.02 Å². The SMILES string of the molecule is COc1ccc(OC)c(C[NH2+]CCc2ccc(Cl)cc2)c1. The Morgan fingerprint density at radius 2 is 1.76 bits per heavy atom. The van der Waals surface area contributed by atoms with Gasteiger partial charge in [0.2, 0.25) is 0 Å². The first kappa shape index (κ1) is 15.7. The first-order chi connectivity index (χ1) is 10.2. The smallest absolute Gasteiger partial charge is 0.127 e. The van der Waals surface area contributed by atoms with Crippen molar-refractivity contribution in [2.24, 2.45) is 0 Å².